The number of carbonyl (C=O) groups excluding carboxylic acids is 1. The van der Waals surface area contributed by atoms with Crippen LogP contribution >= 0.6 is 0 Å². The van der Waals surface area contributed by atoms with E-state index in [1.54, 1.807) is 41.8 Å². The average Bonchev–Trinajstić information content (AvgIpc) is 3.22. The van der Waals surface area contributed by atoms with E-state index in [2.05, 4.69) is 10.3 Å². The predicted molar refractivity (Wildman–Crippen MR) is 124 cm³/mol. The molecule has 0 saturated heterocycles. The van der Waals surface area contributed by atoms with Crippen molar-refractivity contribution in [3.05, 3.63) is 77.6 Å². The van der Waals surface area contributed by atoms with E-state index in [0.717, 1.165) is 11.1 Å². The Bertz CT molecular complexity index is 1360. The summed E-state index contributed by atoms with van der Waals surface area (Å²) in [4.78, 5) is 16.1. The van der Waals surface area contributed by atoms with Gasteiger partial charge in [0.1, 0.15) is 0 Å². The molecule has 0 bridgehead atoms. The monoisotopic (exact) mass is 468 g/mol. The van der Waals surface area contributed by atoms with Crippen molar-refractivity contribution >= 4 is 17.2 Å². The van der Waals surface area contributed by atoms with Gasteiger partial charge in [0.25, 0.3) is 0 Å². The van der Waals surface area contributed by atoms with Gasteiger partial charge < -0.3 is 16.2 Å². The highest BCUT2D eigenvalue weighted by molar-refractivity contribution is 5.95. The summed E-state index contributed by atoms with van der Waals surface area (Å²) in [6.45, 7) is 1.29. The second-order valence-electron chi connectivity index (χ2n) is 7.98. The largest absolute Gasteiger partial charge is 0.392 e. The molecule has 4 rings (SSSR count). The van der Waals surface area contributed by atoms with Gasteiger partial charge in [-0.1, -0.05) is 30.3 Å². The molecule has 2 aromatic carbocycles. The smallest absolute Gasteiger partial charge is 0.390 e. The molecule has 34 heavy (non-hydrogen) atoms. The third kappa shape index (κ3) is 4.74. The van der Waals surface area contributed by atoms with Gasteiger partial charge in [-0.15, -0.1) is 0 Å². The normalized spacial score (nSPS) is 11.7. The first kappa shape index (κ1) is 23.3. The number of aromatic nitrogens is 2. The van der Waals surface area contributed by atoms with E-state index in [0.29, 0.717) is 39.3 Å². The maximum absolute atomic E-state index is 12.7. The molecule has 0 atom stereocenters. The van der Waals surface area contributed by atoms with Crippen LogP contribution in [0.15, 0.2) is 60.9 Å². The summed E-state index contributed by atoms with van der Waals surface area (Å²) in [7, 11) is 0. The van der Waals surface area contributed by atoms with Crippen molar-refractivity contribution in [1.29, 1.82) is 0 Å². The van der Waals surface area contributed by atoms with Gasteiger partial charge in [-0.3, -0.25) is 9.20 Å². The lowest BCUT2D eigenvalue weighted by molar-refractivity contribution is -0.131. The fraction of sp³-hybridized carbons (Fsp3) is 0.200. The number of anilines is 1. The molecule has 4 aromatic rings. The molecule has 9 heteroatoms. The zero-order valence-electron chi connectivity index (χ0n) is 18.4. The maximum atomic E-state index is 12.7. The van der Waals surface area contributed by atoms with Crippen LogP contribution in [0, 0.1) is 6.92 Å². The summed E-state index contributed by atoms with van der Waals surface area (Å²) in [5, 5.41) is 12.7. The van der Waals surface area contributed by atoms with Gasteiger partial charge in [0.15, 0.2) is 5.65 Å². The van der Waals surface area contributed by atoms with Gasteiger partial charge >= 0.3 is 6.18 Å². The predicted octanol–water partition coefficient (Wildman–Crippen LogP) is 4.93. The Kier molecular flexibility index (Phi) is 6.30. The number of pyridine rings is 1. The van der Waals surface area contributed by atoms with Crippen LogP contribution in [0.2, 0.25) is 0 Å². The van der Waals surface area contributed by atoms with E-state index >= 15 is 0 Å². The molecule has 0 unspecified atom stereocenters. The minimum atomic E-state index is -4.29. The van der Waals surface area contributed by atoms with Crippen LogP contribution in [-0.4, -0.2) is 33.1 Å². The van der Waals surface area contributed by atoms with Crippen molar-refractivity contribution in [2.45, 2.75) is 26.1 Å². The number of primary amides is 1. The molecule has 0 spiro atoms. The molecule has 176 valence electrons. The Morgan fingerprint density at radius 1 is 1.15 bits per heavy atom. The minimum Gasteiger partial charge on any atom is -0.392 e. The van der Waals surface area contributed by atoms with Crippen molar-refractivity contribution in [3.63, 3.8) is 0 Å². The number of halogens is 3. The highest BCUT2D eigenvalue weighted by Gasteiger charge is 2.26. The van der Waals surface area contributed by atoms with Gasteiger partial charge in [0.05, 0.1) is 30.6 Å². The molecular weight excluding hydrogens is 445 g/mol. The average molecular weight is 468 g/mol. The fourth-order valence-corrected chi connectivity index (χ4v) is 3.96. The standard InChI is InChI=1S/C25H23F3N4O2/c1-15-10-16(6-7-19(15)23(29)34)22-12-31-24-21(30-9-8-25(26,27)28)11-18(13-32(22)24)20-5-3-2-4-17(20)14-33/h2-7,10-13,30,33H,8-9,14H2,1H3,(H2,29,34). The lowest BCUT2D eigenvalue weighted by Crippen LogP contribution is -2.15. The number of nitrogens with two attached hydrogens (primary N) is 1. The van der Waals surface area contributed by atoms with Crippen LogP contribution in [0.4, 0.5) is 18.9 Å². The molecule has 0 aliphatic rings. The van der Waals surface area contributed by atoms with Gasteiger partial charge in [-0.05, 0) is 41.8 Å². The zero-order chi connectivity index (χ0) is 24.5. The number of nitrogens with zero attached hydrogens (tertiary/aromatic N) is 2. The zero-order valence-corrected chi connectivity index (χ0v) is 18.4. The van der Waals surface area contributed by atoms with E-state index in [4.69, 9.17) is 5.73 Å². The van der Waals surface area contributed by atoms with Crippen LogP contribution in [-0.2, 0) is 6.61 Å². The van der Waals surface area contributed by atoms with Crippen LogP contribution in [0.3, 0.4) is 0 Å². The lowest BCUT2D eigenvalue weighted by atomic mass is 10.0. The van der Waals surface area contributed by atoms with Crippen molar-refractivity contribution in [1.82, 2.24) is 9.38 Å². The molecule has 4 N–H and O–H groups in total. The van der Waals surface area contributed by atoms with Crippen LogP contribution < -0.4 is 11.1 Å². The summed E-state index contributed by atoms with van der Waals surface area (Å²) in [6.07, 6.45) is -1.81. The SMILES string of the molecule is Cc1cc(-c2cnc3c(NCCC(F)(F)F)cc(-c4ccccc4CO)cn23)ccc1C(N)=O. The number of amides is 1. The summed E-state index contributed by atoms with van der Waals surface area (Å²) in [6, 6.07) is 14.2. The minimum absolute atomic E-state index is 0.185. The number of imidazole rings is 1. The maximum Gasteiger partial charge on any atom is 0.390 e. The van der Waals surface area contributed by atoms with E-state index in [9.17, 15) is 23.1 Å². The van der Waals surface area contributed by atoms with Crippen molar-refractivity contribution in [3.8, 4) is 22.4 Å². The van der Waals surface area contributed by atoms with Crippen LogP contribution in [0.25, 0.3) is 28.0 Å². The summed E-state index contributed by atoms with van der Waals surface area (Å²) in [5.41, 5.74) is 11.0. The number of benzene rings is 2. The number of aliphatic hydroxyl groups excluding tert-OH is 1. The van der Waals surface area contributed by atoms with Gasteiger partial charge in [-0.25, -0.2) is 4.98 Å². The Morgan fingerprint density at radius 2 is 1.91 bits per heavy atom. The van der Waals surface area contributed by atoms with E-state index in [1.165, 1.54) is 0 Å². The number of aliphatic hydroxyl groups is 1. The van der Waals surface area contributed by atoms with E-state index in [1.807, 2.05) is 30.5 Å². The molecule has 6 nitrogen and oxygen atoms in total. The number of carbonyl (C=O) groups is 1. The first-order chi connectivity index (χ1) is 16.2. The number of nitrogens with one attached hydrogen (secondary N) is 1. The third-order valence-corrected chi connectivity index (χ3v) is 5.62. The van der Waals surface area contributed by atoms with Gasteiger partial charge in [-0.2, -0.15) is 13.2 Å². The molecular formula is C25H23F3N4O2. The molecule has 0 aliphatic carbocycles. The summed E-state index contributed by atoms with van der Waals surface area (Å²) in [5.74, 6) is -0.527. The lowest BCUT2D eigenvalue weighted by Gasteiger charge is -2.15. The number of alkyl halides is 3. The van der Waals surface area contributed by atoms with E-state index < -0.39 is 18.5 Å². The van der Waals surface area contributed by atoms with Gasteiger partial charge in [0.2, 0.25) is 5.91 Å². The molecule has 1 amide bonds. The molecule has 0 fully saturated rings. The molecule has 0 radical (unpaired) electrons. The number of aryl methyl sites for hydroxylation is 1. The number of fused-ring (bicyclic) bond motifs is 1. The number of rotatable bonds is 7. The van der Waals surface area contributed by atoms with E-state index in [-0.39, 0.29) is 13.2 Å². The Labute approximate surface area is 193 Å². The molecule has 0 aliphatic heterocycles. The fourth-order valence-electron chi connectivity index (χ4n) is 3.96. The first-order valence-electron chi connectivity index (χ1n) is 10.6. The molecule has 0 saturated carbocycles. The first-order valence-corrected chi connectivity index (χ1v) is 10.6. The quantitative estimate of drug-likeness (QED) is 0.359. The third-order valence-electron chi connectivity index (χ3n) is 5.62. The highest BCUT2D eigenvalue weighted by atomic mass is 19.4. The Hall–Kier alpha value is -3.85. The number of hydrogen-bond acceptors (Lipinski definition) is 4. The van der Waals surface area contributed by atoms with Crippen LogP contribution in [0.5, 0.6) is 0 Å². The van der Waals surface area contributed by atoms with Crippen LogP contribution in [0.1, 0.15) is 27.9 Å². The Morgan fingerprint density at radius 3 is 2.59 bits per heavy atom. The summed E-state index contributed by atoms with van der Waals surface area (Å²) >= 11 is 0. The highest BCUT2D eigenvalue weighted by Crippen LogP contribution is 2.33. The van der Waals surface area contributed by atoms with Crippen molar-refractivity contribution in [2.24, 2.45) is 5.73 Å². The molecule has 2 heterocycles. The van der Waals surface area contributed by atoms with Crippen molar-refractivity contribution in [2.75, 3.05) is 11.9 Å². The second-order valence-corrected chi connectivity index (χ2v) is 7.98. The number of hydrogen-bond donors (Lipinski definition) is 3. The molecule has 2 aromatic heterocycles. The topological polar surface area (TPSA) is 92.7 Å². The Balaban J connectivity index is 1.87. The summed E-state index contributed by atoms with van der Waals surface area (Å²) < 4.78 is 40.0. The second kappa shape index (κ2) is 9.18. The van der Waals surface area contributed by atoms with Crippen molar-refractivity contribution < 1.29 is 23.1 Å². The van der Waals surface area contributed by atoms with Gasteiger partial charge in [0, 0.05) is 29.4 Å².